The van der Waals surface area contributed by atoms with E-state index in [1.54, 1.807) is 12.1 Å². The van der Waals surface area contributed by atoms with Crippen LogP contribution >= 0.6 is 11.6 Å². The van der Waals surface area contributed by atoms with Crippen LogP contribution in [0.25, 0.3) is 22.3 Å². The van der Waals surface area contributed by atoms with Gasteiger partial charge in [0.25, 0.3) is 0 Å². The molecule has 0 atom stereocenters. The lowest BCUT2D eigenvalue weighted by Crippen LogP contribution is -2.31. The van der Waals surface area contributed by atoms with Crippen LogP contribution in [-0.2, 0) is 0 Å². The molecule has 7 heteroatoms. The monoisotopic (exact) mass is 332 g/mol. The maximum absolute atomic E-state index is 13.9. The minimum Gasteiger partial charge on any atom is -0.423 e. The van der Waals surface area contributed by atoms with Gasteiger partial charge in [-0.1, -0.05) is 31.5 Å². The molecule has 0 bridgehead atoms. The molecule has 0 radical (unpaired) electrons. The van der Waals surface area contributed by atoms with Crippen molar-refractivity contribution in [1.29, 1.82) is 0 Å². The highest BCUT2D eigenvalue weighted by Crippen LogP contribution is 2.25. The first-order valence-corrected chi connectivity index (χ1v) is 7.51. The molecule has 4 nitrogen and oxygen atoms in total. The van der Waals surface area contributed by atoms with E-state index in [-0.39, 0.29) is 16.7 Å². The van der Waals surface area contributed by atoms with Crippen molar-refractivity contribution in [2.45, 2.75) is 13.8 Å². The Kier molecular flexibility index (Phi) is 5.66. The Morgan fingerprint density at radius 2 is 1.87 bits per heavy atom. The van der Waals surface area contributed by atoms with Gasteiger partial charge in [-0.2, -0.15) is 0 Å². The van der Waals surface area contributed by atoms with Gasteiger partial charge in [0.2, 0.25) is 0 Å². The Morgan fingerprint density at radius 1 is 1.13 bits per heavy atom. The van der Waals surface area contributed by atoms with Gasteiger partial charge in [0.15, 0.2) is 5.65 Å². The number of nitrogens with zero attached hydrogens (tertiary/aromatic N) is 2. The highest BCUT2D eigenvalue weighted by Gasteiger charge is 2.19. The lowest BCUT2D eigenvalue weighted by Gasteiger charge is -2.09. The van der Waals surface area contributed by atoms with Gasteiger partial charge in [0, 0.05) is 22.2 Å². The number of aromatic nitrogens is 2. The zero-order valence-electron chi connectivity index (χ0n) is 12.7. The van der Waals surface area contributed by atoms with E-state index in [0.717, 1.165) is 0 Å². The van der Waals surface area contributed by atoms with Crippen LogP contribution in [0, 0.1) is 5.82 Å². The highest BCUT2D eigenvalue weighted by atomic mass is 35.5. The van der Waals surface area contributed by atoms with Crippen molar-refractivity contribution in [2.24, 2.45) is 0 Å². The van der Waals surface area contributed by atoms with Gasteiger partial charge >= 0.3 is 7.12 Å². The number of pyridine rings is 2. The molecule has 0 saturated carbocycles. The summed E-state index contributed by atoms with van der Waals surface area (Å²) in [6, 6.07) is 8.85. The van der Waals surface area contributed by atoms with Crippen LogP contribution in [0.3, 0.4) is 0 Å². The van der Waals surface area contributed by atoms with E-state index in [1.807, 2.05) is 13.8 Å². The summed E-state index contributed by atoms with van der Waals surface area (Å²) in [5.41, 5.74) is 0.932. The lowest BCUT2D eigenvalue weighted by molar-refractivity contribution is 0.426. The average Bonchev–Trinajstić information content (AvgIpc) is 2.57. The van der Waals surface area contributed by atoms with Gasteiger partial charge in [0.1, 0.15) is 5.82 Å². The Hall–Kier alpha value is -2.02. The highest BCUT2D eigenvalue weighted by molar-refractivity contribution is 6.62. The number of benzene rings is 1. The standard InChI is InChI=1S/C14H9BClFN2O2.C2H6/c16-8-3-4-12(17)10(6-8)13-7-11(15(20)21)9-2-1-5-18-14(9)19-13;1-2/h1-7,20-21H;1-2H3. The Morgan fingerprint density at radius 3 is 2.57 bits per heavy atom. The van der Waals surface area contributed by atoms with E-state index in [0.29, 0.717) is 16.1 Å². The van der Waals surface area contributed by atoms with Gasteiger partial charge in [-0.3, -0.25) is 0 Å². The largest absolute Gasteiger partial charge is 0.489 e. The van der Waals surface area contributed by atoms with Crippen LogP contribution in [0.5, 0.6) is 0 Å². The molecule has 2 heterocycles. The Bertz CT molecular complexity index is 830. The van der Waals surface area contributed by atoms with Crippen LogP contribution in [0.4, 0.5) is 4.39 Å². The minimum atomic E-state index is -1.71. The molecule has 0 spiro atoms. The molecule has 0 saturated heterocycles. The van der Waals surface area contributed by atoms with Crippen molar-refractivity contribution >= 4 is 35.2 Å². The molecular formula is C16H15BClFN2O2. The SMILES string of the molecule is CC.OB(O)c1cc(-c2cc(Cl)ccc2F)nc2ncccc12. The fraction of sp³-hybridized carbons (Fsp3) is 0.125. The maximum atomic E-state index is 13.9. The minimum absolute atomic E-state index is 0.178. The van der Waals surface area contributed by atoms with Crippen molar-refractivity contribution in [1.82, 2.24) is 9.97 Å². The molecule has 0 aliphatic rings. The summed E-state index contributed by atoms with van der Waals surface area (Å²) in [7, 11) is -1.71. The summed E-state index contributed by atoms with van der Waals surface area (Å²) in [4.78, 5) is 8.33. The fourth-order valence-corrected chi connectivity index (χ4v) is 2.30. The van der Waals surface area contributed by atoms with Crippen LogP contribution in [0.1, 0.15) is 13.8 Å². The molecule has 0 aliphatic carbocycles. The summed E-state index contributed by atoms with van der Waals surface area (Å²) in [6.45, 7) is 4.00. The molecule has 1 aromatic carbocycles. The van der Waals surface area contributed by atoms with E-state index in [9.17, 15) is 14.4 Å². The fourth-order valence-electron chi connectivity index (χ4n) is 2.13. The number of halogens is 2. The smallest absolute Gasteiger partial charge is 0.423 e. The number of hydrogen-bond acceptors (Lipinski definition) is 4. The van der Waals surface area contributed by atoms with Crippen LogP contribution in [-0.4, -0.2) is 27.1 Å². The molecule has 118 valence electrons. The summed E-state index contributed by atoms with van der Waals surface area (Å²) in [5.74, 6) is -0.499. The van der Waals surface area contributed by atoms with Crippen LogP contribution in [0.15, 0.2) is 42.6 Å². The second-order valence-corrected chi connectivity index (χ2v) is 4.91. The second-order valence-electron chi connectivity index (χ2n) is 4.47. The zero-order chi connectivity index (χ0) is 17.0. The topological polar surface area (TPSA) is 66.2 Å². The summed E-state index contributed by atoms with van der Waals surface area (Å²) in [6.07, 6.45) is 1.53. The van der Waals surface area contributed by atoms with Gasteiger partial charge < -0.3 is 10.0 Å². The van der Waals surface area contributed by atoms with Gasteiger partial charge in [0.05, 0.1) is 5.69 Å². The van der Waals surface area contributed by atoms with Crippen LogP contribution in [0.2, 0.25) is 5.02 Å². The predicted octanol–water partition coefficient (Wildman–Crippen LogP) is 2.80. The summed E-state index contributed by atoms with van der Waals surface area (Å²) < 4.78 is 13.9. The lowest BCUT2D eigenvalue weighted by atomic mass is 9.78. The second kappa shape index (κ2) is 7.50. The van der Waals surface area contributed by atoms with E-state index in [4.69, 9.17) is 11.6 Å². The Labute approximate surface area is 138 Å². The third-order valence-corrected chi connectivity index (χ3v) is 3.33. The predicted molar refractivity (Wildman–Crippen MR) is 91.1 cm³/mol. The molecule has 3 aromatic rings. The third-order valence-electron chi connectivity index (χ3n) is 3.10. The molecule has 0 fully saturated rings. The van der Waals surface area contributed by atoms with Crippen molar-refractivity contribution in [3.63, 3.8) is 0 Å². The number of hydrogen-bond donors (Lipinski definition) is 2. The first-order valence-electron chi connectivity index (χ1n) is 7.13. The summed E-state index contributed by atoms with van der Waals surface area (Å²) in [5, 5.41) is 19.9. The van der Waals surface area contributed by atoms with Gasteiger partial charge in [-0.25, -0.2) is 14.4 Å². The average molecular weight is 333 g/mol. The van der Waals surface area contributed by atoms with Gasteiger partial charge in [-0.15, -0.1) is 0 Å². The molecule has 0 aliphatic heterocycles. The Balaban J connectivity index is 0.000000924. The van der Waals surface area contributed by atoms with E-state index in [1.165, 1.54) is 30.5 Å². The quantitative estimate of drug-likeness (QED) is 0.708. The summed E-state index contributed by atoms with van der Waals surface area (Å²) >= 11 is 5.88. The van der Waals surface area contributed by atoms with E-state index >= 15 is 0 Å². The molecule has 2 aromatic heterocycles. The first kappa shape index (κ1) is 17.3. The van der Waals surface area contributed by atoms with E-state index in [2.05, 4.69) is 9.97 Å². The maximum Gasteiger partial charge on any atom is 0.489 e. The van der Waals surface area contributed by atoms with Crippen molar-refractivity contribution in [2.75, 3.05) is 0 Å². The van der Waals surface area contributed by atoms with E-state index < -0.39 is 12.9 Å². The third kappa shape index (κ3) is 3.67. The zero-order valence-corrected chi connectivity index (χ0v) is 13.4. The first-order chi connectivity index (χ1) is 11.1. The normalized spacial score (nSPS) is 10.2. The molecule has 2 N–H and O–H groups in total. The van der Waals surface area contributed by atoms with Crippen molar-refractivity contribution < 1.29 is 14.4 Å². The molecular weight excluding hydrogens is 317 g/mol. The molecule has 0 amide bonds. The van der Waals surface area contributed by atoms with Gasteiger partial charge in [-0.05, 0) is 35.8 Å². The van der Waals surface area contributed by atoms with Crippen molar-refractivity contribution in [3.8, 4) is 11.3 Å². The molecule has 23 heavy (non-hydrogen) atoms. The molecule has 0 unspecified atom stereocenters. The number of fused-ring (bicyclic) bond motifs is 1. The van der Waals surface area contributed by atoms with Crippen LogP contribution < -0.4 is 5.46 Å². The van der Waals surface area contributed by atoms with Crippen molar-refractivity contribution in [3.05, 3.63) is 53.4 Å². The molecule has 3 rings (SSSR count). The number of rotatable bonds is 2.